The van der Waals surface area contributed by atoms with E-state index >= 15 is 0 Å². The van der Waals surface area contributed by atoms with Gasteiger partial charge in [-0.2, -0.15) is 0 Å². The summed E-state index contributed by atoms with van der Waals surface area (Å²) in [5.74, 6) is -0.695. The van der Waals surface area contributed by atoms with Crippen LogP contribution in [0.15, 0.2) is 18.2 Å². The number of carboxylic acid groups (broad SMARTS) is 1. The number of rotatable bonds is 4. The predicted octanol–water partition coefficient (Wildman–Crippen LogP) is 3.48. The highest BCUT2D eigenvalue weighted by molar-refractivity contribution is 6.30. The second kappa shape index (κ2) is 5.51. The number of halogens is 1. The van der Waals surface area contributed by atoms with Crippen molar-refractivity contribution in [2.24, 2.45) is 0 Å². The Morgan fingerprint density at radius 3 is 2.84 bits per heavy atom. The average Bonchev–Trinajstić information content (AvgIpc) is 2.76. The number of aryl methyl sites for hydroxylation is 1. The zero-order valence-electron chi connectivity index (χ0n) is 11.4. The molecule has 3 nitrogen and oxygen atoms in total. The predicted molar refractivity (Wildman–Crippen MR) is 76.5 cm³/mol. The maximum Gasteiger partial charge on any atom is 0.324 e. The summed E-state index contributed by atoms with van der Waals surface area (Å²) < 4.78 is 0. The number of likely N-dealkylation sites (tertiary alicyclic amines) is 1. The van der Waals surface area contributed by atoms with Crippen LogP contribution in [0.5, 0.6) is 0 Å². The molecule has 0 spiro atoms. The molecule has 0 bridgehead atoms. The summed E-state index contributed by atoms with van der Waals surface area (Å²) in [6, 6.07) is 5.80. The van der Waals surface area contributed by atoms with Crippen molar-refractivity contribution in [2.75, 3.05) is 6.54 Å². The molecule has 0 saturated carbocycles. The van der Waals surface area contributed by atoms with Gasteiger partial charge in [-0.05, 0) is 56.0 Å². The minimum Gasteiger partial charge on any atom is -0.480 e. The van der Waals surface area contributed by atoms with E-state index in [0.29, 0.717) is 13.0 Å². The number of carboxylic acids is 1. The minimum absolute atomic E-state index is 0.648. The molecule has 1 aliphatic heterocycles. The fraction of sp³-hybridized carbons (Fsp3) is 0.533. The normalized spacial score (nSPS) is 23.7. The Morgan fingerprint density at radius 2 is 2.26 bits per heavy atom. The van der Waals surface area contributed by atoms with Crippen molar-refractivity contribution in [3.63, 3.8) is 0 Å². The highest BCUT2D eigenvalue weighted by Gasteiger charge is 2.45. The second-order valence-corrected chi connectivity index (χ2v) is 5.72. The summed E-state index contributed by atoms with van der Waals surface area (Å²) in [7, 11) is 0. The number of carbonyl (C=O) groups is 1. The van der Waals surface area contributed by atoms with E-state index in [0.717, 1.165) is 35.5 Å². The molecule has 19 heavy (non-hydrogen) atoms. The van der Waals surface area contributed by atoms with E-state index in [-0.39, 0.29) is 0 Å². The molecule has 104 valence electrons. The van der Waals surface area contributed by atoms with Gasteiger partial charge in [0.15, 0.2) is 0 Å². The van der Waals surface area contributed by atoms with E-state index < -0.39 is 11.5 Å². The number of nitrogens with zero attached hydrogens (tertiary/aromatic N) is 1. The molecule has 1 fully saturated rings. The smallest absolute Gasteiger partial charge is 0.324 e. The Labute approximate surface area is 119 Å². The molecule has 0 aromatic heterocycles. The molecule has 0 amide bonds. The van der Waals surface area contributed by atoms with Gasteiger partial charge in [0.25, 0.3) is 0 Å². The largest absolute Gasteiger partial charge is 0.480 e. The van der Waals surface area contributed by atoms with Gasteiger partial charge >= 0.3 is 5.97 Å². The van der Waals surface area contributed by atoms with E-state index in [1.54, 1.807) is 0 Å². The lowest BCUT2D eigenvalue weighted by molar-refractivity contribution is -0.150. The lowest BCUT2D eigenvalue weighted by Crippen LogP contribution is -2.49. The molecule has 1 heterocycles. The van der Waals surface area contributed by atoms with Crippen LogP contribution in [0, 0.1) is 6.92 Å². The Hall–Kier alpha value is -1.06. The molecule has 1 N–H and O–H groups in total. The maximum atomic E-state index is 11.6. The van der Waals surface area contributed by atoms with Gasteiger partial charge in [-0.1, -0.05) is 24.6 Å². The SMILES string of the molecule is CCC1(C(=O)O)CCCN1Cc1ccc(Cl)cc1C. The standard InChI is InChI=1S/C15H20ClNO2/c1-3-15(14(18)19)7-4-8-17(15)10-12-5-6-13(16)9-11(12)2/h5-6,9H,3-4,7-8,10H2,1-2H3,(H,18,19). The second-order valence-electron chi connectivity index (χ2n) is 5.29. The van der Waals surface area contributed by atoms with Crippen molar-refractivity contribution in [3.8, 4) is 0 Å². The molecule has 1 aromatic rings. The summed E-state index contributed by atoms with van der Waals surface area (Å²) in [5.41, 5.74) is 1.59. The van der Waals surface area contributed by atoms with Crippen molar-refractivity contribution >= 4 is 17.6 Å². The van der Waals surface area contributed by atoms with Crippen LogP contribution in [0.4, 0.5) is 0 Å². The Balaban J connectivity index is 2.24. The molecular formula is C15H20ClNO2. The molecule has 1 aliphatic rings. The fourth-order valence-corrected chi connectivity index (χ4v) is 3.23. The number of benzene rings is 1. The first-order chi connectivity index (χ1) is 8.99. The van der Waals surface area contributed by atoms with Gasteiger partial charge in [0.05, 0.1) is 0 Å². The average molecular weight is 282 g/mol. The van der Waals surface area contributed by atoms with E-state index in [1.807, 2.05) is 32.0 Å². The van der Waals surface area contributed by atoms with E-state index in [1.165, 1.54) is 0 Å². The van der Waals surface area contributed by atoms with E-state index in [2.05, 4.69) is 4.90 Å². The molecule has 0 aliphatic carbocycles. The van der Waals surface area contributed by atoms with Crippen LogP contribution in [0.1, 0.15) is 37.3 Å². The zero-order valence-corrected chi connectivity index (χ0v) is 12.2. The first-order valence-electron chi connectivity index (χ1n) is 6.73. The van der Waals surface area contributed by atoms with Gasteiger partial charge in [-0.15, -0.1) is 0 Å². The summed E-state index contributed by atoms with van der Waals surface area (Å²) in [6.45, 7) is 5.51. The molecule has 1 unspecified atom stereocenters. The molecule has 4 heteroatoms. The molecule has 2 rings (SSSR count). The van der Waals surface area contributed by atoms with Crippen molar-refractivity contribution in [1.82, 2.24) is 4.90 Å². The third kappa shape index (κ3) is 2.63. The summed E-state index contributed by atoms with van der Waals surface area (Å²) >= 11 is 5.96. The van der Waals surface area contributed by atoms with Crippen molar-refractivity contribution in [3.05, 3.63) is 34.3 Å². The highest BCUT2D eigenvalue weighted by Crippen LogP contribution is 2.34. The van der Waals surface area contributed by atoms with Gasteiger partial charge < -0.3 is 5.11 Å². The fourth-order valence-electron chi connectivity index (χ4n) is 3.00. The quantitative estimate of drug-likeness (QED) is 0.919. The maximum absolute atomic E-state index is 11.6. The first kappa shape index (κ1) is 14.4. The Bertz CT molecular complexity index is 489. The molecule has 1 saturated heterocycles. The topological polar surface area (TPSA) is 40.5 Å². The lowest BCUT2D eigenvalue weighted by Gasteiger charge is -2.34. The van der Waals surface area contributed by atoms with E-state index in [4.69, 9.17) is 11.6 Å². The van der Waals surface area contributed by atoms with Gasteiger partial charge in [-0.3, -0.25) is 9.69 Å². The third-order valence-corrected chi connectivity index (χ3v) is 4.51. The van der Waals surface area contributed by atoms with Gasteiger partial charge in [0.2, 0.25) is 0 Å². The van der Waals surface area contributed by atoms with Gasteiger partial charge in [0.1, 0.15) is 5.54 Å². The van der Waals surface area contributed by atoms with Crippen LogP contribution in [0.25, 0.3) is 0 Å². The minimum atomic E-state index is -0.695. The number of hydrogen-bond donors (Lipinski definition) is 1. The van der Waals surface area contributed by atoms with Crippen LogP contribution in [-0.2, 0) is 11.3 Å². The molecular weight excluding hydrogens is 262 g/mol. The first-order valence-corrected chi connectivity index (χ1v) is 7.11. The van der Waals surface area contributed by atoms with Gasteiger partial charge in [-0.25, -0.2) is 0 Å². The van der Waals surface area contributed by atoms with Crippen LogP contribution in [0.3, 0.4) is 0 Å². The van der Waals surface area contributed by atoms with Crippen molar-refractivity contribution < 1.29 is 9.90 Å². The van der Waals surface area contributed by atoms with Crippen molar-refractivity contribution in [1.29, 1.82) is 0 Å². The summed E-state index contributed by atoms with van der Waals surface area (Å²) in [4.78, 5) is 13.7. The molecule has 0 radical (unpaired) electrons. The van der Waals surface area contributed by atoms with Crippen molar-refractivity contribution in [2.45, 2.75) is 45.2 Å². The number of hydrogen-bond acceptors (Lipinski definition) is 2. The van der Waals surface area contributed by atoms with Crippen LogP contribution in [0.2, 0.25) is 5.02 Å². The number of aliphatic carboxylic acids is 1. The molecule has 1 aromatic carbocycles. The summed E-state index contributed by atoms with van der Waals surface area (Å²) in [5, 5.41) is 10.3. The Kier molecular flexibility index (Phi) is 4.16. The lowest BCUT2D eigenvalue weighted by atomic mass is 9.92. The molecule has 1 atom stereocenters. The van der Waals surface area contributed by atoms with Crippen LogP contribution >= 0.6 is 11.6 Å². The van der Waals surface area contributed by atoms with Crippen LogP contribution in [-0.4, -0.2) is 28.1 Å². The third-order valence-electron chi connectivity index (χ3n) is 4.27. The monoisotopic (exact) mass is 281 g/mol. The van der Waals surface area contributed by atoms with E-state index in [9.17, 15) is 9.90 Å². The Morgan fingerprint density at radius 1 is 1.53 bits per heavy atom. The van der Waals surface area contributed by atoms with Gasteiger partial charge in [0, 0.05) is 11.6 Å². The zero-order chi connectivity index (χ0) is 14.0. The van der Waals surface area contributed by atoms with Crippen LogP contribution < -0.4 is 0 Å². The highest BCUT2D eigenvalue weighted by atomic mass is 35.5. The summed E-state index contributed by atoms with van der Waals surface area (Å²) in [6.07, 6.45) is 2.34.